The highest BCUT2D eigenvalue weighted by molar-refractivity contribution is 6.31. The highest BCUT2D eigenvalue weighted by Crippen LogP contribution is 2.40. The van der Waals surface area contributed by atoms with E-state index < -0.39 is 0 Å². The van der Waals surface area contributed by atoms with Crippen molar-refractivity contribution >= 4 is 28.2 Å². The fraction of sp³-hybridized carbons (Fsp3) is 0.259. The van der Waals surface area contributed by atoms with E-state index in [-0.39, 0.29) is 6.04 Å². The number of aromatic nitrogens is 2. The van der Waals surface area contributed by atoms with Crippen LogP contribution in [0.15, 0.2) is 54.7 Å². The SMILES string of the molecule is COc1ccc(CNc2cnnc3cc(-c4cc(Cl)cc(C5COCN5)c4OC)ccc23)c(OC)c1. The minimum atomic E-state index is 0.0170. The molecule has 186 valence electrons. The Hall–Kier alpha value is -3.59. The number of hydrogen-bond donors (Lipinski definition) is 2. The third-order valence-electron chi connectivity index (χ3n) is 6.29. The van der Waals surface area contributed by atoms with Crippen molar-refractivity contribution in [3.8, 4) is 28.4 Å². The smallest absolute Gasteiger partial charge is 0.131 e. The number of rotatable bonds is 8. The van der Waals surface area contributed by atoms with Gasteiger partial charge in [-0.2, -0.15) is 10.2 Å². The lowest BCUT2D eigenvalue weighted by Gasteiger charge is -2.19. The lowest BCUT2D eigenvalue weighted by molar-refractivity contribution is 0.189. The van der Waals surface area contributed by atoms with Gasteiger partial charge in [0.2, 0.25) is 0 Å². The van der Waals surface area contributed by atoms with Crippen LogP contribution >= 0.6 is 11.6 Å². The maximum absolute atomic E-state index is 6.51. The van der Waals surface area contributed by atoms with Crippen LogP contribution in [0, 0.1) is 0 Å². The maximum Gasteiger partial charge on any atom is 0.131 e. The summed E-state index contributed by atoms with van der Waals surface area (Å²) in [6, 6.07) is 15.7. The van der Waals surface area contributed by atoms with Gasteiger partial charge in [0.05, 0.1) is 58.1 Å². The Morgan fingerprint density at radius 3 is 2.69 bits per heavy atom. The number of methoxy groups -OCH3 is 3. The Morgan fingerprint density at radius 1 is 1.06 bits per heavy atom. The summed E-state index contributed by atoms with van der Waals surface area (Å²) in [4.78, 5) is 0. The van der Waals surface area contributed by atoms with E-state index in [1.807, 2.05) is 48.5 Å². The number of nitrogens with zero attached hydrogens (tertiary/aromatic N) is 2. The Kier molecular flexibility index (Phi) is 7.09. The number of nitrogens with one attached hydrogen (secondary N) is 2. The molecule has 1 saturated heterocycles. The standard InChI is InChI=1S/C27H27ClN4O4/c1-33-19-6-4-17(26(11-19)34-2)12-29-24-13-31-32-23-8-16(5-7-20(23)24)21-9-18(28)10-22(27(21)35-3)25-14-36-15-30-25/h4-11,13,25,30H,12,14-15H2,1-3H3,(H,29,32). The quantitative estimate of drug-likeness (QED) is 0.337. The van der Waals surface area contributed by atoms with Gasteiger partial charge in [0.15, 0.2) is 0 Å². The molecule has 0 aliphatic carbocycles. The molecule has 0 bridgehead atoms. The van der Waals surface area contributed by atoms with Crippen molar-refractivity contribution in [2.45, 2.75) is 12.6 Å². The van der Waals surface area contributed by atoms with Crippen LogP contribution < -0.4 is 24.8 Å². The van der Waals surface area contributed by atoms with E-state index in [2.05, 4.69) is 20.8 Å². The molecule has 9 heteroatoms. The van der Waals surface area contributed by atoms with Crippen LogP contribution in [0.5, 0.6) is 17.2 Å². The van der Waals surface area contributed by atoms with Gasteiger partial charge in [0.1, 0.15) is 17.2 Å². The molecule has 1 atom stereocenters. The van der Waals surface area contributed by atoms with Crippen molar-refractivity contribution in [3.05, 3.63) is 70.9 Å². The van der Waals surface area contributed by atoms with Crippen LogP contribution in [0.1, 0.15) is 17.2 Å². The molecule has 1 aromatic heterocycles. The average molecular weight is 507 g/mol. The lowest BCUT2D eigenvalue weighted by Crippen LogP contribution is -2.16. The van der Waals surface area contributed by atoms with Crippen LogP contribution in [-0.4, -0.2) is 44.9 Å². The number of benzene rings is 3. The molecule has 36 heavy (non-hydrogen) atoms. The summed E-state index contributed by atoms with van der Waals surface area (Å²) < 4.78 is 22.2. The molecule has 0 spiro atoms. The van der Waals surface area contributed by atoms with Crippen LogP contribution in [0.3, 0.4) is 0 Å². The molecule has 0 saturated carbocycles. The molecule has 1 unspecified atom stereocenters. The number of hydrogen-bond acceptors (Lipinski definition) is 8. The van der Waals surface area contributed by atoms with Gasteiger partial charge in [-0.1, -0.05) is 17.7 Å². The summed E-state index contributed by atoms with van der Waals surface area (Å²) in [5, 5.41) is 17.0. The Balaban J connectivity index is 1.47. The zero-order valence-electron chi connectivity index (χ0n) is 20.3. The molecule has 1 fully saturated rings. The van der Waals surface area contributed by atoms with Crippen molar-refractivity contribution in [3.63, 3.8) is 0 Å². The molecule has 1 aliphatic heterocycles. The van der Waals surface area contributed by atoms with Crippen LogP contribution in [0.25, 0.3) is 22.0 Å². The van der Waals surface area contributed by atoms with E-state index in [0.717, 1.165) is 56.1 Å². The van der Waals surface area contributed by atoms with E-state index in [9.17, 15) is 0 Å². The van der Waals surface area contributed by atoms with Crippen LogP contribution in [-0.2, 0) is 11.3 Å². The molecule has 0 amide bonds. The molecule has 5 rings (SSSR count). The molecular weight excluding hydrogens is 480 g/mol. The van der Waals surface area contributed by atoms with E-state index in [0.29, 0.717) is 24.9 Å². The molecule has 0 radical (unpaired) electrons. The van der Waals surface area contributed by atoms with Gasteiger partial charge in [-0.25, -0.2) is 0 Å². The fourth-order valence-corrected chi connectivity index (χ4v) is 4.69. The predicted octanol–water partition coefficient (Wildman–Crippen LogP) is 5.21. The fourth-order valence-electron chi connectivity index (χ4n) is 4.47. The minimum Gasteiger partial charge on any atom is -0.497 e. The van der Waals surface area contributed by atoms with Crippen molar-refractivity contribution in [1.82, 2.24) is 15.5 Å². The minimum absolute atomic E-state index is 0.0170. The summed E-state index contributed by atoms with van der Waals surface area (Å²) in [5.74, 6) is 2.26. The number of anilines is 1. The third-order valence-corrected chi connectivity index (χ3v) is 6.51. The molecule has 4 aromatic rings. The number of halogens is 1. The second-order valence-electron chi connectivity index (χ2n) is 8.37. The van der Waals surface area contributed by atoms with Gasteiger partial charge in [0.25, 0.3) is 0 Å². The van der Waals surface area contributed by atoms with Crippen LogP contribution in [0.4, 0.5) is 5.69 Å². The third kappa shape index (κ3) is 4.75. The molecule has 1 aliphatic rings. The normalized spacial score (nSPS) is 15.2. The largest absolute Gasteiger partial charge is 0.497 e. The summed E-state index contributed by atoms with van der Waals surface area (Å²) in [5.41, 5.74) is 5.41. The summed E-state index contributed by atoms with van der Waals surface area (Å²) >= 11 is 6.51. The first-order valence-corrected chi connectivity index (χ1v) is 11.9. The first-order valence-electron chi connectivity index (χ1n) is 11.5. The molecule has 2 N–H and O–H groups in total. The van der Waals surface area contributed by atoms with Gasteiger partial charge < -0.3 is 24.3 Å². The van der Waals surface area contributed by atoms with E-state index in [1.165, 1.54) is 0 Å². The van der Waals surface area contributed by atoms with Crippen molar-refractivity contribution in [2.24, 2.45) is 0 Å². The zero-order valence-corrected chi connectivity index (χ0v) is 21.1. The van der Waals surface area contributed by atoms with Crippen molar-refractivity contribution < 1.29 is 18.9 Å². The first-order chi connectivity index (χ1) is 17.6. The zero-order chi connectivity index (χ0) is 25.1. The Bertz CT molecular complexity index is 1390. The summed E-state index contributed by atoms with van der Waals surface area (Å²) in [7, 11) is 4.95. The predicted molar refractivity (Wildman–Crippen MR) is 140 cm³/mol. The van der Waals surface area contributed by atoms with E-state index >= 15 is 0 Å². The van der Waals surface area contributed by atoms with Crippen molar-refractivity contribution in [2.75, 3.05) is 40.0 Å². The van der Waals surface area contributed by atoms with Gasteiger partial charge >= 0.3 is 0 Å². The van der Waals surface area contributed by atoms with Crippen LogP contribution in [0.2, 0.25) is 5.02 Å². The lowest BCUT2D eigenvalue weighted by atomic mass is 9.97. The summed E-state index contributed by atoms with van der Waals surface area (Å²) in [6.45, 7) is 1.62. The number of fused-ring (bicyclic) bond motifs is 1. The molecular formula is C27H27ClN4O4. The second-order valence-corrected chi connectivity index (χ2v) is 8.81. The van der Waals surface area contributed by atoms with Gasteiger partial charge in [-0.05, 0) is 42.0 Å². The molecule has 8 nitrogen and oxygen atoms in total. The van der Waals surface area contributed by atoms with E-state index in [4.69, 9.17) is 30.5 Å². The van der Waals surface area contributed by atoms with Gasteiger partial charge in [0, 0.05) is 39.7 Å². The monoisotopic (exact) mass is 506 g/mol. The summed E-state index contributed by atoms with van der Waals surface area (Å²) in [6.07, 6.45) is 1.72. The second kappa shape index (κ2) is 10.6. The topological polar surface area (TPSA) is 86.8 Å². The molecule has 3 aromatic carbocycles. The highest BCUT2D eigenvalue weighted by atomic mass is 35.5. The van der Waals surface area contributed by atoms with Gasteiger partial charge in [-0.3, -0.25) is 5.32 Å². The highest BCUT2D eigenvalue weighted by Gasteiger charge is 2.24. The Labute approximate surface area is 214 Å². The number of ether oxygens (including phenoxy) is 4. The molecule has 2 heterocycles. The van der Waals surface area contributed by atoms with E-state index in [1.54, 1.807) is 27.5 Å². The first kappa shape index (κ1) is 24.1. The average Bonchev–Trinajstić information content (AvgIpc) is 3.46. The van der Waals surface area contributed by atoms with Crippen molar-refractivity contribution in [1.29, 1.82) is 0 Å². The Morgan fingerprint density at radius 2 is 1.94 bits per heavy atom. The van der Waals surface area contributed by atoms with Gasteiger partial charge in [-0.15, -0.1) is 0 Å². The maximum atomic E-state index is 6.51.